The van der Waals surface area contributed by atoms with Crippen LogP contribution in [0.2, 0.25) is 10.0 Å². The van der Waals surface area contributed by atoms with Gasteiger partial charge >= 0.3 is 0 Å². The number of nitrogens with zero attached hydrogens (tertiary/aromatic N) is 2. The molecule has 0 bridgehead atoms. The van der Waals surface area contributed by atoms with Gasteiger partial charge in [-0.1, -0.05) is 57.3 Å². The first-order valence-electron chi connectivity index (χ1n) is 7.30. The number of halogens is 3. The lowest BCUT2D eigenvalue weighted by atomic mass is 10.2. The lowest BCUT2D eigenvalue weighted by Gasteiger charge is -2.11. The predicted octanol–water partition coefficient (Wildman–Crippen LogP) is 5.81. The highest BCUT2D eigenvalue weighted by Crippen LogP contribution is 2.29. The van der Waals surface area contributed by atoms with E-state index in [0.29, 0.717) is 27.4 Å². The van der Waals surface area contributed by atoms with Gasteiger partial charge in [0.2, 0.25) is 0 Å². The quantitative estimate of drug-likeness (QED) is 0.487. The monoisotopic (exact) mass is 454 g/mol. The van der Waals surface area contributed by atoms with E-state index >= 15 is 0 Å². The molecule has 25 heavy (non-hydrogen) atoms. The van der Waals surface area contributed by atoms with Gasteiger partial charge in [-0.25, -0.2) is 0 Å². The third-order valence-corrected chi connectivity index (χ3v) is 4.90. The van der Waals surface area contributed by atoms with Crippen LogP contribution in [0.5, 0.6) is 0 Å². The van der Waals surface area contributed by atoms with Crippen molar-refractivity contribution in [1.82, 2.24) is 9.78 Å². The van der Waals surface area contributed by atoms with Crippen molar-refractivity contribution in [2.45, 2.75) is 6.54 Å². The number of anilines is 2. The number of hydrogen-bond acceptors (Lipinski definition) is 2. The van der Waals surface area contributed by atoms with Gasteiger partial charge in [0.05, 0.1) is 34.2 Å². The summed E-state index contributed by atoms with van der Waals surface area (Å²) in [5.41, 5.74) is 2.59. The van der Waals surface area contributed by atoms with Gasteiger partial charge in [-0.15, -0.1) is 0 Å². The summed E-state index contributed by atoms with van der Waals surface area (Å²) in [6.07, 6.45) is 3.60. The third-order valence-electron chi connectivity index (χ3n) is 3.35. The molecular weight excluding hydrogens is 443 g/mol. The van der Waals surface area contributed by atoms with Gasteiger partial charge in [0.25, 0.3) is 0 Å². The van der Waals surface area contributed by atoms with Gasteiger partial charge < -0.3 is 10.6 Å². The molecule has 3 rings (SSSR count). The van der Waals surface area contributed by atoms with Crippen molar-refractivity contribution >= 4 is 67.8 Å². The second kappa shape index (κ2) is 8.19. The Bertz CT molecular complexity index is 896. The highest BCUT2D eigenvalue weighted by Gasteiger charge is 2.07. The molecule has 0 saturated heterocycles. The lowest BCUT2D eigenvalue weighted by molar-refractivity contribution is 0.687. The Hall–Kier alpha value is -1.60. The number of benzene rings is 2. The van der Waals surface area contributed by atoms with Crippen molar-refractivity contribution in [3.05, 3.63) is 74.9 Å². The Morgan fingerprint density at radius 1 is 1.12 bits per heavy atom. The SMILES string of the molecule is S=C(Nc1cnn(Cc2ccc(Br)cc2)c1)Nc1cccc(Cl)c1Cl. The van der Waals surface area contributed by atoms with Gasteiger partial charge in [0.1, 0.15) is 0 Å². The molecule has 3 aromatic rings. The first kappa shape index (κ1) is 18.2. The summed E-state index contributed by atoms with van der Waals surface area (Å²) < 4.78 is 2.88. The van der Waals surface area contributed by atoms with E-state index in [1.165, 1.54) is 0 Å². The van der Waals surface area contributed by atoms with Crippen molar-refractivity contribution in [2.24, 2.45) is 0 Å². The Morgan fingerprint density at radius 3 is 2.64 bits per heavy atom. The molecular formula is C17H13BrCl2N4S. The predicted molar refractivity (Wildman–Crippen MR) is 112 cm³/mol. The fourth-order valence-corrected chi connectivity index (χ4v) is 3.02. The van der Waals surface area contributed by atoms with Crippen LogP contribution < -0.4 is 10.6 Å². The smallest absolute Gasteiger partial charge is 0.175 e. The number of thiocarbonyl (C=S) groups is 1. The van der Waals surface area contributed by atoms with Crippen molar-refractivity contribution in [3.63, 3.8) is 0 Å². The van der Waals surface area contributed by atoms with Crippen molar-refractivity contribution < 1.29 is 0 Å². The van der Waals surface area contributed by atoms with E-state index in [1.54, 1.807) is 24.4 Å². The van der Waals surface area contributed by atoms with Crippen LogP contribution in [0, 0.1) is 0 Å². The molecule has 4 nitrogen and oxygen atoms in total. The summed E-state index contributed by atoms with van der Waals surface area (Å²) in [7, 11) is 0. The van der Waals surface area contributed by atoms with E-state index in [-0.39, 0.29) is 0 Å². The van der Waals surface area contributed by atoms with Crippen LogP contribution in [-0.4, -0.2) is 14.9 Å². The topological polar surface area (TPSA) is 41.9 Å². The van der Waals surface area contributed by atoms with Crippen LogP contribution in [0.1, 0.15) is 5.56 Å². The number of rotatable bonds is 4. The highest BCUT2D eigenvalue weighted by molar-refractivity contribution is 9.10. The Kier molecular flexibility index (Phi) is 5.96. The molecule has 1 heterocycles. The second-order valence-electron chi connectivity index (χ2n) is 5.23. The molecule has 0 atom stereocenters. The van der Waals surface area contributed by atoms with Crippen LogP contribution in [0.15, 0.2) is 59.3 Å². The van der Waals surface area contributed by atoms with E-state index in [0.717, 1.165) is 15.7 Å². The van der Waals surface area contributed by atoms with Crippen LogP contribution in [0.25, 0.3) is 0 Å². The first-order chi connectivity index (χ1) is 12.0. The second-order valence-corrected chi connectivity index (χ2v) is 7.34. The van der Waals surface area contributed by atoms with E-state index in [2.05, 4.69) is 31.7 Å². The van der Waals surface area contributed by atoms with Gasteiger partial charge in [-0.2, -0.15) is 5.10 Å². The molecule has 8 heteroatoms. The molecule has 0 radical (unpaired) electrons. The molecule has 128 valence electrons. The molecule has 0 amide bonds. The van der Waals surface area contributed by atoms with Crippen molar-refractivity contribution in [2.75, 3.05) is 10.6 Å². The van der Waals surface area contributed by atoms with Crippen LogP contribution in [-0.2, 0) is 6.54 Å². The number of nitrogens with one attached hydrogen (secondary N) is 2. The molecule has 0 unspecified atom stereocenters. The van der Waals surface area contributed by atoms with Crippen LogP contribution in [0.4, 0.5) is 11.4 Å². The van der Waals surface area contributed by atoms with E-state index < -0.39 is 0 Å². The van der Waals surface area contributed by atoms with Gasteiger partial charge in [0, 0.05) is 10.7 Å². The standard InChI is InChI=1S/C17H13BrCl2N4S/c18-12-6-4-11(5-7-12)9-24-10-13(8-21-24)22-17(25)23-15-3-1-2-14(19)16(15)20/h1-8,10H,9H2,(H2,22,23,25). The fraction of sp³-hybridized carbons (Fsp3) is 0.0588. The third kappa shape index (κ3) is 4.95. The molecule has 0 aliphatic heterocycles. The van der Waals surface area contributed by atoms with Crippen molar-refractivity contribution in [3.8, 4) is 0 Å². The summed E-state index contributed by atoms with van der Waals surface area (Å²) in [4.78, 5) is 0. The molecule has 0 saturated carbocycles. The zero-order valence-electron chi connectivity index (χ0n) is 12.8. The lowest BCUT2D eigenvalue weighted by Crippen LogP contribution is -2.19. The van der Waals surface area contributed by atoms with Gasteiger partial charge in [0.15, 0.2) is 5.11 Å². The maximum atomic E-state index is 6.14. The minimum atomic E-state index is 0.410. The average Bonchev–Trinajstić information content (AvgIpc) is 3.01. The summed E-state index contributed by atoms with van der Waals surface area (Å²) >= 11 is 20.9. The van der Waals surface area contributed by atoms with Crippen molar-refractivity contribution in [1.29, 1.82) is 0 Å². The molecule has 2 N–H and O–H groups in total. The summed E-state index contributed by atoms with van der Waals surface area (Å²) in [5, 5.41) is 11.7. The minimum absolute atomic E-state index is 0.410. The van der Waals surface area contributed by atoms with Crippen LogP contribution in [0.3, 0.4) is 0 Å². The Balaban J connectivity index is 1.61. The van der Waals surface area contributed by atoms with Gasteiger partial charge in [-0.05, 0) is 42.0 Å². The molecule has 0 aliphatic rings. The highest BCUT2D eigenvalue weighted by atomic mass is 79.9. The van der Waals surface area contributed by atoms with E-state index in [4.69, 9.17) is 35.4 Å². The maximum Gasteiger partial charge on any atom is 0.175 e. The molecule has 0 fully saturated rings. The minimum Gasteiger partial charge on any atom is -0.331 e. The summed E-state index contributed by atoms with van der Waals surface area (Å²) in [6.45, 7) is 0.676. The van der Waals surface area contributed by atoms with E-state index in [9.17, 15) is 0 Å². The van der Waals surface area contributed by atoms with Gasteiger partial charge in [-0.3, -0.25) is 4.68 Å². The first-order valence-corrected chi connectivity index (χ1v) is 9.26. The average molecular weight is 456 g/mol. The van der Waals surface area contributed by atoms with E-state index in [1.807, 2.05) is 35.1 Å². The molecule has 2 aromatic carbocycles. The zero-order chi connectivity index (χ0) is 17.8. The zero-order valence-corrected chi connectivity index (χ0v) is 16.8. The largest absolute Gasteiger partial charge is 0.331 e. The normalized spacial score (nSPS) is 10.5. The molecule has 1 aromatic heterocycles. The fourth-order valence-electron chi connectivity index (χ4n) is 2.18. The van der Waals surface area contributed by atoms with Crippen LogP contribution >= 0.6 is 51.3 Å². The summed E-state index contributed by atoms with van der Waals surface area (Å²) in [5.74, 6) is 0. The summed E-state index contributed by atoms with van der Waals surface area (Å²) in [6, 6.07) is 13.4. The Labute approximate surface area is 169 Å². The molecule has 0 aliphatic carbocycles. The molecule has 0 spiro atoms. The number of aromatic nitrogens is 2. The maximum absolute atomic E-state index is 6.14. The number of hydrogen-bond donors (Lipinski definition) is 2. The Morgan fingerprint density at radius 2 is 1.88 bits per heavy atom.